The topological polar surface area (TPSA) is 149 Å². The van der Waals surface area contributed by atoms with E-state index in [9.17, 15) is 19.2 Å². The van der Waals surface area contributed by atoms with Gasteiger partial charge in [0.25, 0.3) is 0 Å². The lowest BCUT2D eigenvalue weighted by atomic mass is 10.1. The smallest absolute Gasteiger partial charge is 0.328 e. The van der Waals surface area contributed by atoms with Crippen LogP contribution in [0.15, 0.2) is 24.8 Å². The van der Waals surface area contributed by atoms with E-state index in [1.807, 2.05) is 0 Å². The van der Waals surface area contributed by atoms with Gasteiger partial charge in [-0.15, -0.1) is 0 Å². The van der Waals surface area contributed by atoms with Crippen LogP contribution in [0.4, 0.5) is 0 Å². The first-order valence-electron chi connectivity index (χ1n) is 12.3. The van der Waals surface area contributed by atoms with E-state index in [4.69, 9.17) is 19.9 Å². The summed E-state index contributed by atoms with van der Waals surface area (Å²) in [6, 6.07) is -2.04. The first-order valence-corrected chi connectivity index (χ1v) is 12.3. The summed E-state index contributed by atoms with van der Waals surface area (Å²) < 4.78 is 16.1. The Hall–Kier alpha value is -2.76. The van der Waals surface area contributed by atoms with Crippen molar-refractivity contribution in [3.63, 3.8) is 0 Å². The molecule has 0 aromatic heterocycles. The van der Waals surface area contributed by atoms with Gasteiger partial charge in [-0.2, -0.15) is 0 Å². The van der Waals surface area contributed by atoms with Gasteiger partial charge < -0.3 is 35.5 Å². The van der Waals surface area contributed by atoms with Crippen LogP contribution in [0.3, 0.4) is 0 Å². The second kappa shape index (κ2) is 13.5. The predicted octanol–water partition coefficient (Wildman–Crippen LogP) is 0.533. The minimum Gasteiger partial charge on any atom is -0.460 e. The van der Waals surface area contributed by atoms with Crippen molar-refractivity contribution in [1.82, 2.24) is 15.5 Å². The molecule has 11 nitrogen and oxygen atoms in total. The van der Waals surface area contributed by atoms with Crippen molar-refractivity contribution >= 4 is 23.8 Å². The van der Waals surface area contributed by atoms with Gasteiger partial charge in [-0.1, -0.05) is 24.8 Å². The van der Waals surface area contributed by atoms with Crippen LogP contribution in [0.2, 0.25) is 0 Å². The van der Waals surface area contributed by atoms with Gasteiger partial charge in [0.15, 0.2) is 0 Å². The molecule has 11 heteroatoms. The number of nitrogens with one attached hydrogen (secondary N) is 2. The molecule has 36 heavy (non-hydrogen) atoms. The van der Waals surface area contributed by atoms with E-state index in [1.54, 1.807) is 25.7 Å². The normalized spacial score (nSPS) is 21.6. The van der Waals surface area contributed by atoms with Gasteiger partial charge >= 0.3 is 11.9 Å². The summed E-state index contributed by atoms with van der Waals surface area (Å²) in [4.78, 5) is 51.7. The van der Waals surface area contributed by atoms with E-state index < -0.39 is 41.8 Å². The first-order chi connectivity index (χ1) is 16.9. The molecule has 0 saturated carbocycles. The van der Waals surface area contributed by atoms with Crippen LogP contribution in [0.5, 0.6) is 0 Å². The second-order valence-electron chi connectivity index (χ2n) is 10.0. The van der Waals surface area contributed by atoms with Crippen LogP contribution < -0.4 is 16.4 Å². The molecule has 0 aromatic carbocycles. The lowest BCUT2D eigenvalue weighted by Gasteiger charge is -2.28. The fraction of sp³-hybridized carbons (Fsp3) is 0.680. The summed E-state index contributed by atoms with van der Waals surface area (Å²) in [7, 11) is 0. The highest BCUT2D eigenvalue weighted by Gasteiger charge is 2.38. The third kappa shape index (κ3) is 9.36. The van der Waals surface area contributed by atoms with E-state index in [2.05, 4.69) is 23.8 Å². The molecule has 0 radical (unpaired) electrons. The van der Waals surface area contributed by atoms with Crippen LogP contribution in [-0.2, 0) is 33.4 Å². The third-order valence-corrected chi connectivity index (χ3v) is 5.72. The largest absolute Gasteiger partial charge is 0.460 e. The van der Waals surface area contributed by atoms with Crippen LogP contribution in [0.1, 0.15) is 52.9 Å². The Bertz CT molecular complexity index is 839. The number of carbonyl (C=O) groups excluding carboxylic acids is 4. The molecule has 202 valence electrons. The predicted molar refractivity (Wildman–Crippen MR) is 132 cm³/mol. The third-order valence-electron chi connectivity index (χ3n) is 5.72. The van der Waals surface area contributed by atoms with Crippen molar-refractivity contribution in [2.45, 2.75) is 82.8 Å². The summed E-state index contributed by atoms with van der Waals surface area (Å²) in [6.45, 7) is 14.2. The molecule has 2 heterocycles. The Morgan fingerprint density at radius 3 is 2.58 bits per heavy atom. The molecule has 2 aliphatic heterocycles. The summed E-state index contributed by atoms with van der Waals surface area (Å²) in [5.74, 6) is -1.95. The number of ether oxygens (including phenoxy) is 3. The molecule has 4 atom stereocenters. The van der Waals surface area contributed by atoms with Gasteiger partial charge in [-0.3, -0.25) is 14.4 Å². The number of carbonyl (C=O) groups is 4. The van der Waals surface area contributed by atoms with E-state index >= 15 is 0 Å². The molecule has 0 aromatic rings. The van der Waals surface area contributed by atoms with Gasteiger partial charge in [0.2, 0.25) is 11.8 Å². The van der Waals surface area contributed by atoms with Gasteiger partial charge in [0, 0.05) is 25.9 Å². The summed E-state index contributed by atoms with van der Waals surface area (Å²) >= 11 is 0. The summed E-state index contributed by atoms with van der Waals surface area (Å²) in [5.41, 5.74) is 6.21. The zero-order valence-electron chi connectivity index (χ0n) is 21.5. The lowest BCUT2D eigenvalue weighted by Crippen LogP contribution is -2.48. The Morgan fingerprint density at radius 1 is 1.25 bits per heavy atom. The minimum atomic E-state index is -1.04. The van der Waals surface area contributed by atoms with Crippen molar-refractivity contribution in [2.75, 3.05) is 26.3 Å². The van der Waals surface area contributed by atoms with Gasteiger partial charge in [-0.25, -0.2) is 4.79 Å². The molecule has 2 unspecified atom stereocenters. The Morgan fingerprint density at radius 2 is 1.97 bits per heavy atom. The number of rotatable bonds is 12. The van der Waals surface area contributed by atoms with Crippen LogP contribution in [-0.4, -0.2) is 84.9 Å². The van der Waals surface area contributed by atoms with Crippen molar-refractivity contribution in [3.05, 3.63) is 24.8 Å². The average molecular weight is 509 g/mol. The number of nitrogens with two attached hydrogens (primary N) is 1. The standard InChI is InChI=1S/C25H40N4O7/c1-6-12-35-24(33)18(28-20(30)9-7-17(26)23(32)36-25(3,4)5)8-10-21(31)29-11-13-34-22(29)19-14-16(2)15-27-19/h6,17-19,22,27H,1-2,7-15,26H2,3-5H3,(H,28,30)/t17-,18-,19?,22?/m0/s1. The molecule has 2 aliphatic rings. The van der Waals surface area contributed by atoms with Crippen LogP contribution in [0, 0.1) is 0 Å². The van der Waals surface area contributed by atoms with Gasteiger partial charge in [0.1, 0.15) is 30.5 Å². The van der Waals surface area contributed by atoms with E-state index in [0.29, 0.717) is 19.7 Å². The second-order valence-corrected chi connectivity index (χ2v) is 10.0. The number of hydrogen-bond donors (Lipinski definition) is 3. The zero-order valence-corrected chi connectivity index (χ0v) is 21.5. The first kappa shape index (κ1) is 29.5. The fourth-order valence-electron chi connectivity index (χ4n) is 3.97. The minimum absolute atomic E-state index is 0.0130. The quantitative estimate of drug-likeness (QED) is 0.253. The highest BCUT2D eigenvalue weighted by atomic mass is 16.6. The van der Waals surface area contributed by atoms with Crippen LogP contribution >= 0.6 is 0 Å². The van der Waals surface area contributed by atoms with Gasteiger partial charge in [0.05, 0.1) is 12.6 Å². The molecule has 0 aliphatic carbocycles. The SMILES string of the molecule is C=CCOC(=O)[C@H](CCC(=O)N1CCOC1C1CC(=C)CN1)NC(=O)CC[C@H](N)C(=O)OC(C)(C)C. The summed E-state index contributed by atoms with van der Waals surface area (Å²) in [5, 5.41) is 5.91. The van der Waals surface area contributed by atoms with E-state index in [-0.39, 0.29) is 44.2 Å². The highest BCUT2D eigenvalue weighted by molar-refractivity contribution is 5.86. The Balaban J connectivity index is 1.91. The lowest BCUT2D eigenvalue weighted by molar-refractivity contribution is -0.156. The van der Waals surface area contributed by atoms with Crippen molar-refractivity contribution in [3.8, 4) is 0 Å². The van der Waals surface area contributed by atoms with E-state index in [1.165, 1.54) is 6.08 Å². The highest BCUT2D eigenvalue weighted by Crippen LogP contribution is 2.23. The molecule has 0 spiro atoms. The molecule has 4 N–H and O–H groups in total. The van der Waals surface area contributed by atoms with Crippen molar-refractivity contribution in [2.24, 2.45) is 5.73 Å². The van der Waals surface area contributed by atoms with E-state index in [0.717, 1.165) is 12.0 Å². The van der Waals surface area contributed by atoms with Crippen molar-refractivity contribution < 1.29 is 33.4 Å². The molecule has 2 amide bonds. The molecular weight excluding hydrogens is 468 g/mol. The number of hydrogen-bond acceptors (Lipinski definition) is 9. The Kier molecular flexibility index (Phi) is 11.1. The maximum atomic E-state index is 13.0. The molecule has 2 fully saturated rings. The maximum Gasteiger partial charge on any atom is 0.328 e. The number of nitrogens with zero attached hydrogens (tertiary/aromatic N) is 1. The maximum absolute atomic E-state index is 13.0. The van der Waals surface area contributed by atoms with Crippen LogP contribution in [0.25, 0.3) is 0 Å². The number of esters is 2. The Labute approximate surface area is 212 Å². The van der Waals surface area contributed by atoms with Crippen molar-refractivity contribution in [1.29, 1.82) is 0 Å². The average Bonchev–Trinajstić information content (AvgIpc) is 3.46. The molecule has 2 rings (SSSR count). The summed E-state index contributed by atoms with van der Waals surface area (Å²) in [6.07, 6.45) is 1.75. The number of amides is 2. The molecule has 2 saturated heterocycles. The molecular formula is C25H40N4O7. The monoisotopic (exact) mass is 508 g/mol. The van der Waals surface area contributed by atoms with Gasteiger partial charge in [-0.05, 0) is 40.0 Å². The molecule has 0 bridgehead atoms. The fourth-order valence-corrected chi connectivity index (χ4v) is 3.97. The zero-order chi connectivity index (χ0) is 26.9.